The van der Waals surface area contributed by atoms with Gasteiger partial charge in [-0.1, -0.05) is 47.7 Å². The van der Waals surface area contributed by atoms with Crippen LogP contribution in [0.25, 0.3) is 5.57 Å². The van der Waals surface area contributed by atoms with E-state index in [2.05, 4.69) is 28.9 Å². The number of aliphatic carboxylic acids is 1. The molecule has 1 aliphatic rings. The van der Waals surface area contributed by atoms with Crippen molar-refractivity contribution in [1.82, 2.24) is 4.90 Å². The molecule has 0 spiro atoms. The molecule has 0 radical (unpaired) electrons. The van der Waals surface area contributed by atoms with Crippen LogP contribution in [0.2, 0.25) is 5.02 Å². The van der Waals surface area contributed by atoms with Gasteiger partial charge in [-0.05, 0) is 77.7 Å². The van der Waals surface area contributed by atoms with Crippen molar-refractivity contribution in [1.29, 1.82) is 0 Å². The number of morpholine rings is 1. The zero-order valence-electron chi connectivity index (χ0n) is 21.3. The Kier molecular flexibility index (Phi) is 9.83. The molecule has 0 aromatic heterocycles. The molecule has 3 aromatic carbocycles. The van der Waals surface area contributed by atoms with Crippen LogP contribution in [0.4, 0.5) is 0 Å². The van der Waals surface area contributed by atoms with Crippen LogP contribution in [0.15, 0.2) is 72.8 Å². The van der Waals surface area contributed by atoms with Crippen molar-refractivity contribution in [2.75, 3.05) is 46.1 Å². The molecule has 1 fully saturated rings. The van der Waals surface area contributed by atoms with Crippen LogP contribution >= 0.6 is 11.6 Å². The first-order valence-corrected chi connectivity index (χ1v) is 12.8. The minimum Gasteiger partial charge on any atom is -0.489 e. The summed E-state index contributed by atoms with van der Waals surface area (Å²) >= 11 is 6.13. The molecule has 38 heavy (non-hydrogen) atoms. The Labute approximate surface area is 228 Å². The van der Waals surface area contributed by atoms with Gasteiger partial charge in [-0.2, -0.15) is 0 Å². The van der Waals surface area contributed by atoms with Gasteiger partial charge in [-0.15, -0.1) is 0 Å². The zero-order valence-corrected chi connectivity index (χ0v) is 22.0. The van der Waals surface area contributed by atoms with E-state index in [0.29, 0.717) is 23.1 Å². The van der Waals surface area contributed by atoms with Crippen LogP contribution < -0.4 is 9.47 Å². The third-order valence-corrected chi connectivity index (χ3v) is 6.28. The lowest BCUT2D eigenvalue weighted by Gasteiger charge is -2.24. The number of halogens is 1. The quantitative estimate of drug-likeness (QED) is 0.378. The van der Waals surface area contributed by atoms with Crippen LogP contribution in [-0.2, 0) is 9.53 Å². The molecule has 0 unspecified atom stereocenters. The number of carbonyl (C=O) groups is 1. The molecular weight excluding hydrogens is 502 g/mol. The molecule has 0 atom stereocenters. The Morgan fingerprint density at radius 2 is 1.71 bits per heavy atom. The van der Waals surface area contributed by atoms with E-state index >= 15 is 0 Å². The van der Waals surface area contributed by atoms with Gasteiger partial charge in [0.05, 0.1) is 19.8 Å². The van der Waals surface area contributed by atoms with Crippen molar-refractivity contribution in [2.45, 2.75) is 6.92 Å². The molecule has 7 heteroatoms. The highest BCUT2D eigenvalue weighted by atomic mass is 35.5. The number of carboxylic acid groups (broad SMARTS) is 1. The predicted octanol–water partition coefficient (Wildman–Crippen LogP) is 5.31. The summed E-state index contributed by atoms with van der Waals surface area (Å²) in [6.45, 7) is 5.94. The average Bonchev–Trinajstić information content (AvgIpc) is 2.92. The van der Waals surface area contributed by atoms with Gasteiger partial charge in [0, 0.05) is 23.7 Å². The minimum atomic E-state index is -1.02. The maximum absolute atomic E-state index is 10.8. The number of benzene rings is 3. The van der Waals surface area contributed by atoms with Crippen LogP contribution in [-0.4, -0.2) is 62.0 Å². The maximum Gasteiger partial charge on any atom is 0.341 e. The molecule has 4 rings (SSSR count). The second-order valence-corrected chi connectivity index (χ2v) is 9.25. The van der Waals surface area contributed by atoms with E-state index in [1.165, 1.54) is 0 Å². The zero-order chi connectivity index (χ0) is 26.7. The standard InChI is InChI=1S/C31H30ClNO5/c1-23-21-28(12-13-30(23)38-22-31(34)35)37-18-14-29(26-8-10-27(32)11-9-26)25-6-4-24(5-7-25)3-2-15-33-16-19-36-20-17-33/h4-14,21H,15-20,22H2,1H3,(H,34,35). The fourth-order valence-electron chi connectivity index (χ4n) is 4.01. The van der Waals surface area contributed by atoms with E-state index in [-0.39, 0.29) is 6.61 Å². The topological polar surface area (TPSA) is 68.2 Å². The lowest BCUT2D eigenvalue weighted by atomic mass is 9.97. The fraction of sp³-hybridized carbons (Fsp3) is 0.258. The molecule has 1 N–H and O–H groups in total. The van der Waals surface area contributed by atoms with Gasteiger partial charge in [-0.25, -0.2) is 4.79 Å². The van der Waals surface area contributed by atoms with Crippen LogP contribution in [0.3, 0.4) is 0 Å². The summed E-state index contributed by atoms with van der Waals surface area (Å²) < 4.78 is 16.7. The molecule has 0 aliphatic carbocycles. The molecule has 196 valence electrons. The van der Waals surface area contributed by atoms with Crippen molar-refractivity contribution in [2.24, 2.45) is 0 Å². The monoisotopic (exact) mass is 531 g/mol. The summed E-state index contributed by atoms with van der Waals surface area (Å²) in [6, 6.07) is 21.2. The van der Waals surface area contributed by atoms with Crippen LogP contribution in [0.1, 0.15) is 22.3 Å². The van der Waals surface area contributed by atoms with Crippen LogP contribution in [0.5, 0.6) is 11.5 Å². The summed E-state index contributed by atoms with van der Waals surface area (Å²) in [7, 11) is 0. The Balaban J connectivity index is 1.46. The van der Waals surface area contributed by atoms with Crippen molar-refractivity contribution < 1.29 is 24.1 Å². The average molecular weight is 532 g/mol. The first-order chi connectivity index (χ1) is 18.5. The normalized spacial score (nSPS) is 13.9. The Hall–Kier alpha value is -3.76. The molecule has 1 aliphatic heterocycles. The van der Waals surface area contributed by atoms with Gasteiger partial charge in [-0.3, -0.25) is 4.90 Å². The highest BCUT2D eigenvalue weighted by Crippen LogP contribution is 2.27. The highest BCUT2D eigenvalue weighted by Gasteiger charge is 2.09. The molecular formula is C31H30ClNO5. The van der Waals surface area contributed by atoms with Gasteiger partial charge >= 0.3 is 5.97 Å². The van der Waals surface area contributed by atoms with E-state index in [1.807, 2.05) is 55.5 Å². The Bertz CT molecular complexity index is 1320. The lowest BCUT2D eigenvalue weighted by Crippen LogP contribution is -2.36. The largest absolute Gasteiger partial charge is 0.489 e. The number of ether oxygens (including phenoxy) is 3. The van der Waals surface area contributed by atoms with Crippen molar-refractivity contribution in [3.8, 4) is 23.3 Å². The van der Waals surface area contributed by atoms with Gasteiger partial charge in [0.15, 0.2) is 6.61 Å². The SMILES string of the molecule is Cc1cc(OCC=C(c2ccc(Cl)cc2)c2ccc(C#CCN3CCOCC3)cc2)ccc1OCC(=O)O. The second-order valence-electron chi connectivity index (χ2n) is 8.81. The van der Waals surface area contributed by atoms with Gasteiger partial charge < -0.3 is 19.3 Å². The Morgan fingerprint density at radius 3 is 2.37 bits per heavy atom. The van der Waals surface area contributed by atoms with Crippen molar-refractivity contribution in [3.05, 3.63) is 100 Å². The summed E-state index contributed by atoms with van der Waals surface area (Å²) in [5, 5.41) is 9.50. The molecule has 1 heterocycles. The summed E-state index contributed by atoms with van der Waals surface area (Å²) in [5.41, 5.74) is 4.86. The molecule has 0 saturated carbocycles. The predicted molar refractivity (Wildman–Crippen MR) is 149 cm³/mol. The molecule has 3 aromatic rings. The summed E-state index contributed by atoms with van der Waals surface area (Å²) in [5.74, 6) is 6.70. The van der Waals surface area contributed by atoms with Gasteiger partial charge in [0.25, 0.3) is 0 Å². The first-order valence-electron chi connectivity index (χ1n) is 12.4. The summed E-state index contributed by atoms with van der Waals surface area (Å²) in [4.78, 5) is 13.1. The molecule has 0 bridgehead atoms. The number of carboxylic acids is 1. The number of nitrogens with zero attached hydrogens (tertiary/aromatic N) is 1. The van der Waals surface area contributed by atoms with E-state index in [0.717, 1.165) is 60.7 Å². The van der Waals surface area contributed by atoms with Crippen molar-refractivity contribution >= 4 is 23.1 Å². The molecule has 0 amide bonds. The molecule has 6 nitrogen and oxygen atoms in total. The fourth-order valence-corrected chi connectivity index (χ4v) is 4.14. The molecule has 1 saturated heterocycles. The highest BCUT2D eigenvalue weighted by molar-refractivity contribution is 6.30. The minimum absolute atomic E-state index is 0.341. The maximum atomic E-state index is 10.8. The van der Waals surface area contributed by atoms with Crippen LogP contribution in [0, 0.1) is 18.8 Å². The third-order valence-electron chi connectivity index (χ3n) is 6.03. The number of aryl methyl sites for hydroxylation is 1. The number of hydrogen-bond acceptors (Lipinski definition) is 5. The van der Waals surface area contributed by atoms with Gasteiger partial charge in [0.2, 0.25) is 0 Å². The third kappa shape index (κ3) is 8.12. The van der Waals surface area contributed by atoms with Gasteiger partial charge in [0.1, 0.15) is 18.1 Å². The number of rotatable bonds is 9. The van der Waals surface area contributed by atoms with E-state index in [9.17, 15) is 4.79 Å². The Morgan fingerprint density at radius 1 is 1.03 bits per heavy atom. The first kappa shape index (κ1) is 27.3. The van der Waals surface area contributed by atoms with E-state index < -0.39 is 5.97 Å². The second kappa shape index (κ2) is 13.7. The van der Waals surface area contributed by atoms with Crippen molar-refractivity contribution in [3.63, 3.8) is 0 Å². The lowest BCUT2D eigenvalue weighted by molar-refractivity contribution is -0.139. The number of hydrogen-bond donors (Lipinski definition) is 1. The smallest absolute Gasteiger partial charge is 0.341 e. The van der Waals surface area contributed by atoms with E-state index in [4.69, 9.17) is 30.9 Å². The summed E-state index contributed by atoms with van der Waals surface area (Å²) in [6.07, 6.45) is 2.03. The van der Waals surface area contributed by atoms with E-state index in [1.54, 1.807) is 12.1 Å².